The lowest BCUT2D eigenvalue weighted by molar-refractivity contribution is -0.141. The van der Waals surface area contributed by atoms with Crippen molar-refractivity contribution >= 4 is 15.9 Å². The maximum atomic E-state index is 13.9. The molecule has 0 spiro atoms. The fourth-order valence-electron chi connectivity index (χ4n) is 1.65. The Morgan fingerprint density at radius 3 is 2.42 bits per heavy atom. The normalized spacial score (nSPS) is 11.9. The van der Waals surface area contributed by atoms with E-state index in [2.05, 4.69) is 14.7 Å². The first kappa shape index (κ1) is 19.5. The van der Waals surface area contributed by atoms with Gasteiger partial charge in [0.15, 0.2) is 17.3 Å². The van der Waals surface area contributed by atoms with Crippen LogP contribution in [0.4, 0.5) is 22.0 Å². The minimum absolute atomic E-state index is 0.318. The van der Waals surface area contributed by atoms with Gasteiger partial charge in [-0.3, -0.25) is 4.79 Å². The summed E-state index contributed by atoms with van der Waals surface area (Å²) in [5, 5.41) is 0. The monoisotopic (exact) mass is 397 g/mol. The van der Waals surface area contributed by atoms with Gasteiger partial charge < -0.3 is 4.74 Å². The van der Waals surface area contributed by atoms with E-state index >= 15 is 0 Å². The Morgan fingerprint density at radius 1 is 1.19 bits per heavy atom. The number of halogens is 5. The van der Waals surface area contributed by atoms with Crippen molar-refractivity contribution in [3.05, 3.63) is 47.3 Å². The van der Waals surface area contributed by atoms with E-state index in [1.807, 2.05) is 0 Å². The molecule has 0 saturated carbocycles. The smallest absolute Gasteiger partial charge is 0.421 e. The zero-order chi connectivity index (χ0) is 19.7. The maximum Gasteiger partial charge on any atom is 0.433 e. The summed E-state index contributed by atoms with van der Waals surface area (Å²) in [5.74, 6) is -5.08. The summed E-state index contributed by atoms with van der Waals surface area (Å²) in [6, 6.07) is 0.295. The summed E-state index contributed by atoms with van der Waals surface area (Å²) >= 11 is 0. The summed E-state index contributed by atoms with van der Waals surface area (Å²) in [6.45, 7) is 0. The number of nitrogens with zero attached hydrogens (tertiary/aromatic N) is 2. The van der Waals surface area contributed by atoms with E-state index in [1.165, 1.54) is 4.72 Å². The number of amides is 1. The maximum absolute atomic E-state index is 13.9. The second-order valence-corrected chi connectivity index (χ2v) is 6.54. The van der Waals surface area contributed by atoms with Gasteiger partial charge in [-0.2, -0.15) is 18.2 Å². The molecule has 0 saturated heterocycles. The number of nitrogens with one attached hydrogen (secondary N) is 1. The van der Waals surface area contributed by atoms with Crippen molar-refractivity contribution in [2.24, 2.45) is 0 Å². The molecule has 13 heteroatoms. The van der Waals surface area contributed by atoms with Gasteiger partial charge in [0.25, 0.3) is 5.91 Å². The molecular weight excluding hydrogens is 389 g/mol. The van der Waals surface area contributed by atoms with Gasteiger partial charge in [-0.15, -0.1) is 0 Å². The lowest BCUT2D eigenvalue weighted by atomic mass is 10.2. The Bertz CT molecular complexity index is 963. The molecular formula is C13H8F5N3O4S. The highest BCUT2D eigenvalue weighted by molar-refractivity contribution is 7.89. The van der Waals surface area contributed by atoms with E-state index < -0.39 is 56.8 Å². The number of alkyl halides is 3. The van der Waals surface area contributed by atoms with Crippen LogP contribution in [0.15, 0.2) is 24.4 Å². The SMILES string of the molecule is CS(=O)(=O)NC(=O)c1cc(F)c(Oc2nccc(C(F)(F)F)n2)cc1F. The highest BCUT2D eigenvalue weighted by Gasteiger charge is 2.33. The molecule has 1 heterocycles. The van der Waals surface area contributed by atoms with Crippen LogP contribution >= 0.6 is 0 Å². The number of aromatic nitrogens is 2. The summed E-state index contributed by atoms with van der Waals surface area (Å²) in [7, 11) is -4.02. The van der Waals surface area contributed by atoms with Gasteiger partial charge in [-0.25, -0.2) is 26.9 Å². The molecule has 7 nitrogen and oxygen atoms in total. The standard InChI is InChI=1S/C13H8F5N3O4S/c1-26(23,24)21-11(22)6-4-8(15)9(5-7(6)14)25-12-19-3-2-10(20-12)13(16,17)18/h2-5H,1H3,(H,21,22). The van der Waals surface area contributed by atoms with Crippen LogP contribution in [0, 0.1) is 11.6 Å². The van der Waals surface area contributed by atoms with Crippen LogP contribution in [0.25, 0.3) is 0 Å². The number of carbonyl (C=O) groups is 1. The minimum atomic E-state index is -4.81. The van der Waals surface area contributed by atoms with Crippen LogP contribution in [-0.2, 0) is 16.2 Å². The summed E-state index contributed by atoms with van der Waals surface area (Å²) in [5.41, 5.74) is -2.32. The van der Waals surface area contributed by atoms with Gasteiger partial charge in [0.2, 0.25) is 10.0 Å². The van der Waals surface area contributed by atoms with Gasteiger partial charge in [0, 0.05) is 12.3 Å². The third-order valence-electron chi connectivity index (χ3n) is 2.67. The average molecular weight is 397 g/mol. The van der Waals surface area contributed by atoms with E-state index in [4.69, 9.17) is 0 Å². The Morgan fingerprint density at radius 2 is 1.85 bits per heavy atom. The van der Waals surface area contributed by atoms with Crippen LogP contribution in [0.5, 0.6) is 11.8 Å². The van der Waals surface area contributed by atoms with Gasteiger partial charge in [0.1, 0.15) is 5.82 Å². The molecule has 1 aromatic heterocycles. The van der Waals surface area contributed by atoms with Gasteiger partial charge in [0.05, 0.1) is 11.8 Å². The van der Waals surface area contributed by atoms with Gasteiger partial charge in [-0.05, 0) is 12.1 Å². The van der Waals surface area contributed by atoms with E-state index in [9.17, 15) is 35.2 Å². The Labute approximate surface area is 142 Å². The highest BCUT2D eigenvalue weighted by atomic mass is 32.2. The molecule has 0 radical (unpaired) electrons. The Hall–Kier alpha value is -2.83. The van der Waals surface area contributed by atoms with E-state index in [1.54, 1.807) is 0 Å². The van der Waals surface area contributed by atoms with Crippen molar-refractivity contribution in [3.63, 3.8) is 0 Å². The largest absolute Gasteiger partial charge is 0.433 e. The predicted octanol–water partition coefficient (Wildman–Crippen LogP) is 2.26. The molecule has 0 fully saturated rings. The molecule has 0 unspecified atom stereocenters. The van der Waals surface area contributed by atoms with Crippen molar-refractivity contribution in [1.29, 1.82) is 0 Å². The fourth-order valence-corrected chi connectivity index (χ4v) is 2.10. The summed E-state index contributed by atoms with van der Waals surface area (Å²) in [6.07, 6.45) is -3.48. The number of sulfonamides is 1. The van der Waals surface area contributed by atoms with Crippen LogP contribution in [-0.4, -0.2) is 30.5 Å². The lowest BCUT2D eigenvalue weighted by Gasteiger charge is -2.10. The molecule has 26 heavy (non-hydrogen) atoms. The molecule has 2 aromatic rings. The molecule has 0 bridgehead atoms. The number of benzene rings is 1. The highest BCUT2D eigenvalue weighted by Crippen LogP contribution is 2.30. The first-order chi connectivity index (χ1) is 11.9. The number of hydrogen-bond acceptors (Lipinski definition) is 6. The zero-order valence-electron chi connectivity index (χ0n) is 12.6. The zero-order valence-corrected chi connectivity index (χ0v) is 13.5. The summed E-state index contributed by atoms with van der Waals surface area (Å²) in [4.78, 5) is 17.9. The lowest BCUT2D eigenvalue weighted by Crippen LogP contribution is -2.30. The fraction of sp³-hybridized carbons (Fsp3) is 0.154. The molecule has 1 amide bonds. The third-order valence-corrected chi connectivity index (χ3v) is 3.23. The van der Waals surface area contributed by atoms with Crippen LogP contribution in [0.2, 0.25) is 0 Å². The van der Waals surface area contributed by atoms with Crippen molar-refractivity contribution in [2.75, 3.05) is 6.26 Å². The summed E-state index contributed by atoms with van der Waals surface area (Å²) < 4.78 is 93.5. The second-order valence-electron chi connectivity index (χ2n) is 4.79. The van der Waals surface area contributed by atoms with Crippen molar-refractivity contribution in [1.82, 2.24) is 14.7 Å². The van der Waals surface area contributed by atoms with Crippen molar-refractivity contribution < 1.29 is 39.9 Å². The minimum Gasteiger partial charge on any atom is -0.421 e. The molecule has 0 aliphatic rings. The molecule has 1 N–H and O–H groups in total. The van der Waals surface area contributed by atoms with Crippen molar-refractivity contribution in [2.45, 2.75) is 6.18 Å². The first-order valence-electron chi connectivity index (χ1n) is 6.46. The van der Waals surface area contributed by atoms with E-state index in [0.29, 0.717) is 30.7 Å². The quantitative estimate of drug-likeness (QED) is 0.795. The number of hydrogen-bond donors (Lipinski definition) is 1. The molecule has 2 rings (SSSR count). The van der Waals surface area contributed by atoms with Gasteiger partial charge >= 0.3 is 12.2 Å². The average Bonchev–Trinajstić information content (AvgIpc) is 2.48. The number of carbonyl (C=O) groups excluding carboxylic acids is 1. The Kier molecular flexibility index (Phi) is 5.11. The number of ether oxygens (including phenoxy) is 1. The third kappa shape index (κ3) is 4.84. The molecule has 0 aliphatic heterocycles. The predicted molar refractivity (Wildman–Crippen MR) is 75.8 cm³/mol. The molecule has 0 atom stereocenters. The first-order valence-corrected chi connectivity index (χ1v) is 8.35. The molecule has 0 aliphatic carbocycles. The Balaban J connectivity index is 2.33. The van der Waals surface area contributed by atoms with Gasteiger partial charge in [-0.1, -0.05) is 0 Å². The van der Waals surface area contributed by atoms with Crippen molar-refractivity contribution in [3.8, 4) is 11.8 Å². The molecule has 1 aromatic carbocycles. The van der Waals surface area contributed by atoms with Crippen LogP contribution in [0.3, 0.4) is 0 Å². The topological polar surface area (TPSA) is 98.2 Å². The number of rotatable bonds is 4. The molecule has 140 valence electrons. The van der Waals surface area contributed by atoms with E-state index in [0.717, 1.165) is 0 Å². The second kappa shape index (κ2) is 6.82. The van der Waals surface area contributed by atoms with Crippen LogP contribution in [0.1, 0.15) is 16.1 Å². The van der Waals surface area contributed by atoms with E-state index in [-0.39, 0.29) is 0 Å². The van der Waals surface area contributed by atoms with Crippen LogP contribution < -0.4 is 9.46 Å².